The Morgan fingerprint density at radius 1 is 1.00 bits per heavy atom. The lowest BCUT2D eigenvalue weighted by Gasteiger charge is -2.10. The summed E-state index contributed by atoms with van der Waals surface area (Å²) in [5, 5.41) is 10.8. The molecule has 0 N–H and O–H groups in total. The highest BCUT2D eigenvalue weighted by Gasteiger charge is 2.15. The molecule has 0 aliphatic carbocycles. The van der Waals surface area contributed by atoms with Crippen LogP contribution in [0.4, 0.5) is 0 Å². The van der Waals surface area contributed by atoms with Crippen molar-refractivity contribution in [2.45, 2.75) is 0 Å². The number of hydrogen-bond acceptors (Lipinski definition) is 4. The molecule has 0 bridgehead atoms. The Bertz CT molecular complexity index is 920. The number of methoxy groups -OCH3 is 1. The van der Waals surface area contributed by atoms with Gasteiger partial charge >= 0.3 is 5.97 Å². The van der Waals surface area contributed by atoms with Gasteiger partial charge in [-0.1, -0.05) is 36.4 Å². The number of rotatable bonds is 3. The molecule has 3 aromatic carbocycles. The zero-order chi connectivity index (χ0) is 16.2. The number of benzene rings is 3. The van der Waals surface area contributed by atoms with Crippen LogP contribution >= 0.6 is 0 Å². The first-order valence-corrected chi connectivity index (χ1v) is 7.01. The summed E-state index contributed by atoms with van der Waals surface area (Å²) < 4.78 is 10.6. The van der Waals surface area contributed by atoms with Crippen LogP contribution in [0.2, 0.25) is 0 Å². The fraction of sp³-hybridized carbons (Fsp3) is 0.0526. The predicted molar refractivity (Wildman–Crippen MR) is 86.6 cm³/mol. The van der Waals surface area contributed by atoms with Gasteiger partial charge in [-0.05, 0) is 29.0 Å². The van der Waals surface area contributed by atoms with Gasteiger partial charge in [-0.3, -0.25) is 0 Å². The van der Waals surface area contributed by atoms with Crippen LogP contribution in [-0.4, -0.2) is 13.1 Å². The average molecular weight is 303 g/mol. The van der Waals surface area contributed by atoms with Crippen molar-refractivity contribution in [1.82, 2.24) is 0 Å². The minimum atomic E-state index is -0.491. The van der Waals surface area contributed by atoms with Gasteiger partial charge in [-0.2, -0.15) is 5.26 Å². The molecule has 3 aromatic rings. The lowest BCUT2D eigenvalue weighted by molar-refractivity contribution is 0.0732. The van der Waals surface area contributed by atoms with Gasteiger partial charge in [-0.25, -0.2) is 4.79 Å². The molecule has 4 nitrogen and oxygen atoms in total. The summed E-state index contributed by atoms with van der Waals surface area (Å²) in [4.78, 5) is 12.5. The van der Waals surface area contributed by atoms with E-state index in [4.69, 9.17) is 14.7 Å². The van der Waals surface area contributed by atoms with E-state index < -0.39 is 5.97 Å². The van der Waals surface area contributed by atoms with Gasteiger partial charge in [-0.15, -0.1) is 0 Å². The first kappa shape index (κ1) is 14.6. The number of nitriles is 1. The van der Waals surface area contributed by atoms with Crippen LogP contribution in [0.15, 0.2) is 60.7 Å². The zero-order valence-corrected chi connectivity index (χ0v) is 12.4. The molecule has 0 unspecified atom stereocenters. The highest BCUT2D eigenvalue weighted by Crippen LogP contribution is 2.29. The maximum atomic E-state index is 12.5. The summed E-state index contributed by atoms with van der Waals surface area (Å²) in [5.74, 6) is 0.136. The van der Waals surface area contributed by atoms with Gasteiger partial charge in [0.25, 0.3) is 0 Å². The zero-order valence-electron chi connectivity index (χ0n) is 12.4. The molecule has 0 saturated carbocycles. The van der Waals surface area contributed by atoms with Gasteiger partial charge in [0.15, 0.2) is 11.5 Å². The van der Waals surface area contributed by atoms with Crippen molar-refractivity contribution >= 4 is 16.7 Å². The van der Waals surface area contributed by atoms with Gasteiger partial charge in [0.2, 0.25) is 0 Å². The van der Waals surface area contributed by atoms with Crippen LogP contribution in [0.3, 0.4) is 0 Å². The number of nitrogens with zero attached hydrogens (tertiary/aromatic N) is 1. The molecule has 0 aromatic heterocycles. The predicted octanol–water partition coefficient (Wildman–Crippen LogP) is 3.94. The fourth-order valence-electron chi connectivity index (χ4n) is 2.38. The van der Waals surface area contributed by atoms with E-state index in [-0.39, 0.29) is 5.75 Å². The Balaban J connectivity index is 2.00. The quantitative estimate of drug-likeness (QED) is 0.543. The van der Waals surface area contributed by atoms with E-state index in [9.17, 15) is 4.79 Å². The van der Waals surface area contributed by atoms with Crippen LogP contribution in [-0.2, 0) is 0 Å². The lowest BCUT2D eigenvalue weighted by atomic mass is 10.0. The van der Waals surface area contributed by atoms with Crippen molar-refractivity contribution < 1.29 is 14.3 Å². The maximum absolute atomic E-state index is 12.5. The SMILES string of the molecule is COc1ccc(C#N)cc1OC(=O)c1cccc2ccccc12. The highest BCUT2D eigenvalue weighted by molar-refractivity contribution is 6.05. The molecule has 0 fully saturated rings. The molecule has 4 heteroatoms. The minimum Gasteiger partial charge on any atom is -0.493 e. The Morgan fingerprint density at radius 3 is 2.57 bits per heavy atom. The van der Waals surface area contributed by atoms with E-state index in [1.165, 1.54) is 13.2 Å². The minimum absolute atomic E-state index is 0.226. The molecule has 0 aliphatic rings. The van der Waals surface area contributed by atoms with Crippen LogP contribution in [0.25, 0.3) is 10.8 Å². The smallest absolute Gasteiger partial charge is 0.344 e. The monoisotopic (exact) mass is 303 g/mol. The standard InChI is InChI=1S/C19H13NO3/c1-22-17-10-9-13(12-20)11-18(17)23-19(21)16-8-4-6-14-5-2-3-7-15(14)16/h2-11H,1H3. The molecule has 0 radical (unpaired) electrons. The first-order chi connectivity index (χ1) is 11.2. The van der Waals surface area contributed by atoms with Crippen molar-refractivity contribution in [2.75, 3.05) is 7.11 Å². The van der Waals surface area contributed by atoms with Crippen molar-refractivity contribution in [3.63, 3.8) is 0 Å². The molecule has 0 amide bonds. The lowest BCUT2D eigenvalue weighted by Crippen LogP contribution is -2.10. The number of hydrogen-bond donors (Lipinski definition) is 0. The van der Waals surface area contributed by atoms with Crippen LogP contribution in [0.5, 0.6) is 11.5 Å². The Kier molecular flexibility index (Phi) is 3.94. The van der Waals surface area contributed by atoms with Crippen molar-refractivity contribution in [3.8, 4) is 17.6 Å². The van der Waals surface area contributed by atoms with Crippen LogP contribution < -0.4 is 9.47 Å². The third kappa shape index (κ3) is 2.85. The maximum Gasteiger partial charge on any atom is 0.344 e. The molecular formula is C19H13NO3. The first-order valence-electron chi connectivity index (χ1n) is 7.01. The van der Waals surface area contributed by atoms with Crippen molar-refractivity contribution in [3.05, 3.63) is 71.8 Å². The summed E-state index contributed by atoms with van der Waals surface area (Å²) in [6, 6.07) is 19.8. The van der Waals surface area contributed by atoms with Gasteiger partial charge in [0.1, 0.15) is 0 Å². The van der Waals surface area contributed by atoms with E-state index in [1.54, 1.807) is 18.2 Å². The van der Waals surface area contributed by atoms with E-state index in [1.807, 2.05) is 42.5 Å². The summed E-state index contributed by atoms with van der Waals surface area (Å²) in [5.41, 5.74) is 0.860. The normalized spacial score (nSPS) is 10.1. The molecular weight excluding hydrogens is 290 g/mol. The summed E-state index contributed by atoms with van der Waals surface area (Å²) in [7, 11) is 1.48. The Morgan fingerprint density at radius 2 is 1.78 bits per heavy atom. The van der Waals surface area contributed by atoms with Gasteiger partial charge in [0, 0.05) is 6.07 Å². The summed E-state index contributed by atoms with van der Waals surface area (Å²) in [6.07, 6.45) is 0. The fourth-order valence-corrected chi connectivity index (χ4v) is 2.38. The molecule has 3 rings (SSSR count). The van der Waals surface area contributed by atoms with E-state index in [0.717, 1.165) is 10.8 Å². The van der Waals surface area contributed by atoms with Crippen LogP contribution in [0, 0.1) is 11.3 Å². The number of carbonyl (C=O) groups excluding carboxylic acids is 1. The van der Waals surface area contributed by atoms with Crippen molar-refractivity contribution in [2.24, 2.45) is 0 Å². The topological polar surface area (TPSA) is 59.3 Å². The Labute approximate surface area is 133 Å². The van der Waals surface area contributed by atoms with E-state index >= 15 is 0 Å². The summed E-state index contributed by atoms with van der Waals surface area (Å²) in [6.45, 7) is 0. The van der Waals surface area contributed by atoms with E-state index in [0.29, 0.717) is 16.9 Å². The molecule has 0 heterocycles. The molecule has 0 spiro atoms. The number of esters is 1. The second-order valence-corrected chi connectivity index (χ2v) is 4.89. The van der Waals surface area contributed by atoms with Gasteiger partial charge in [0.05, 0.1) is 24.3 Å². The number of ether oxygens (including phenoxy) is 2. The third-order valence-corrected chi connectivity index (χ3v) is 3.50. The molecule has 0 atom stereocenters. The van der Waals surface area contributed by atoms with E-state index in [2.05, 4.69) is 0 Å². The molecule has 0 aliphatic heterocycles. The summed E-state index contributed by atoms with van der Waals surface area (Å²) >= 11 is 0. The molecule has 23 heavy (non-hydrogen) atoms. The van der Waals surface area contributed by atoms with Crippen LogP contribution in [0.1, 0.15) is 15.9 Å². The number of fused-ring (bicyclic) bond motifs is 1. The third-order valence-electron chi connectivity index (χ3n) is 3.50. The molecule has 112 valence electrons. The van der Waals surface area contributed by atoms with Gasteiger partial charge < -0.3 is 9.47 Å². The molecule has 0 saturated heterocycles. The Hall–Kier alpha value is -3.32. The average Bonchev–Trinajstić information content (AvgIpc) is 2.61. The number of carbonyl (C=O) groups is 1. The largest absolute Gasteiger partial charge is 0.493 e. The highest BCUT2D eigenvalue weighted by atomic mass is 16.6. The van der Waals surface area contributed by atoms with Crippen molar-refractivity contribution in [1.29, 1.82) is 5.26 Å². The second kappa shape index (κ2) is 6.20. The second-order valence-electron chi connectivity index (χ2n) is 4.89.